The molecule has 0 bridgehead atoms. The molecule has 48 heavy (non-hydrogen) atoms. The number of hydrogen-bond acceptors (Lipinski definition) is 10. The van der Waals surface area contributed by atoms with Crippen molar-refractivity contribution in [3.63, 3.8) is 0 Å². The molecule has 1 unspecified atom stereocenters. The van der Waals surface area contributed by atoms with Crippen LogP contribution >= 0.6 is 34.7 Å². The van der Waals surface area contributed by atoms with Crippen molar-refractivity contribution in [3.8, 4) is 11.5 Å². The number of carbonyl (C=O) groups is 2. The van der Waals surface area contributed by atoms with Crippen molar-refractivity contribution in [1.29, 1.82) is 0 Å². The first-order valence-corrected chi connectivity index (χ1v) is 17.8. The van der Waals surface area contributed by atoms with Crippen LogP contribution in [0.4, 0.5) is 5.13 Å². The number of carbonyl (C=O) groups excluding carboxylic acids is 2. The maximum absolute atomic E-state index is 13.9. The summed E-state index contributed by atoms with van der Waals surface area (Å²) in [7, 11) is 0. The lowest BCUT2D eigenvalue weighted by Gasteiger charge is -2.23. The van der Waals surface area contributed by atoms with Gasteiger partial charge in [-0.05, 0) is 68.1 Å². The largest absolute Gasteiger partial charge is 0.505 e. The molecule has 3 aromatic heterocycles. The van der Waals surface area contributed by atoms with Crippen LogP contribution in [-0.4, -0.2) is 49.6 Å². The summed E-state index contributed by atoms with van der Waals surface area (Å²) >= 11 is 8.96. The van der Waals surface area contributed by atoms with Crippen LogP contribution in [0.5, 0.6) is 11.5 Å². The molecule has 6 rings (SSSR count). The third-order valence-electron chi connectivity index (χ3n) is 8.00. The second-order valence-electron chi connectivity index (χ2n) is 11.2. The maximum Gasteiger partial charge on any atom is 0.301 e. The number of pyridine rings is 1. The molecule has 13 heteroatoms. The highest BCUT2D eigenvalue weighted by Crippen LogP contribution is 2.46. The molecule has 248 valence electrons. The number of ether oxygens (including phenoxy) is 2. The predicted octanol–water partition coefficient (Wildman–Crippen LogP) is 7.95. The predicted molar refractivity (Wildman–Crippen MR) is 188 cm³/mol. The molecule has 10 nitrogen and oxygen atoms in total. The third kappa shape index (κ3) is 6.39. The zero-order valence-corrected chi connectivity index (χ0v) is 29.3. The summed E-state index contributed by atoms with van der Waals surface area (Å²) in [6.07, 6.45) is 3.69. The zero-order chi connectivity index (χ0) is 33.9. The molecule has 1 saturated heterocycles. The SMILES string of the molecule is CCCCOc1ccc(C2C(=C(O)c3nc4c(C)cccn4c3C)C(=O)C(=O)N2c2nnc(SCc3ccccc3Cl)s2)cc1OCC. The normalized spacial score (nSPS) is 15.9. The Morgan fingerprint density at radius 3 is 2.60 bits per heavy atom. The van der Waals surface area contributed by atoms with Gasteiger partial charge >= 0.3 is 5.91 Å². The summed E-state index contributed by atoms with van der Waals surface area (Å²) in [5.41, 5.74) is 3.73. The van der Waals surface area contributed by atoms with Gasteiger partial charge in [0.25, 0.3) is 5.78 Å². The van der Waals surface area contributed by atoms with Gasteiger partial charge in [-0.15, -0.1) is 10.2 Å². The van der Waals surface area contributed by atoms with E-state index in [2.05, 4.69) is 17.1 Å². The molecule has 1 amide bonds. The van der Waals surface area contributed by atoms with Crippen molar-refractivity contribution >= 4 is 62.9 Å². The summed E-state index contributed by atoms with van der Waals surface area (Å²) in [6, 6.07) is 15.6. The number of aryl methyl sites for hydroxylation is 2. The quantitative estimate of drug-likeness (QED) is 0.0345. The number of ketones is 1. The lowest BCUT2D eigenvalue weighted by molar-refractivity contribution is -0.132. The van der Waals surface area contributed by atoms with Gasteiger partial charge in [-0.3, -0.25) is 14.5 Å². The van der Waals surface area contributed by atoms with E-state index in [0.29, 0.717) is 56.7 Å². The van der Waals surface area contributed by atoms with Gasteiger partial charge in [-0.25, -0.2) is 4.98 Å². The molecule has 0 saturated carbocycles. The Hall–Kier alpha value is -4.39. The van der Waals surface area contributed by atoms with Crippen LogP contribution < -0.4 is 14.4 Å². The summed E-state index contributed by atoms with van der Waals surface area (Å²) < 4.78 is 14.4. The van der Waals surface area contributed by atoms with E-state index in [9.17, 15) is 14.7 Å². The van der Waals surface area contributed by atoms with E-state index in [1.54, 1.807) is 18.2 Å². The average molecular weight is 704 g/mol. The molecule has 5 aromatic rings. The van der Waals surface area contributed by atoms with Crippen LogP contribution in [0.1, 0.15) is 60.8 Å². The number of thioether (sulfide) groups is 1. The van der Waals surface area contributed by atoms with Crippen molar-refractivity contribution in [2.45, 2.75) is 56.7 Å². The van der Waals surface area contributed by atoms with Gasteiger partial charge in [-0.2, -0.15) is 0 Å². The maximum atomic E-state index is 13.9. The summed E-state index contributed by atoms with van der Waals surface area (Å²) in [6.45, 7) is 8.56. The Morgan fingerprint density at radius 1 is 1.04 bits per heavy atom. The van der Waals surface area contributed by atoms with E-state index in [4.69, 9.17) is 26.1 Å². The Balaban J connectivity index is 1.46. The van der Waals surface area contributed by atoms with Crippen molar-refractivity contribution in [2.75, 3.05) is 18.1 Å². The first-order valence-electron chi connectivity index (χ1n) is 15.6. The van der Waals surface area contributed by atoms with Crippen molar-refractivity contribution in [2.24, 2.45) is 0 Å². The summed E-state index contributed by atoms with van der Waals surface area (Å²) in [5, 5.41) is 21.4. The Kier molecular flexibility index (Phi) is 10.0. The van der Waals surface area contributed by atoms with Crippen LogP contribution in [0, 0.1) is 13.8 Å². The van der Waals surface area contributed by atoms with E-state index in [0.717, 1.165) is 24.0 Å². The fraction of sp³-hybridized carbons (Fsp3) is 0.286. The topological polar surface area (TPSA) is 119 Å². The molecule has 1 aliphatic heterocycles. The number of imidazole rings is 1. The van der Waals surface area contributed by atoms with E-state index >= 15 is 0 Å². The highest BCUT2D eigenvalue weighted by molar-refractivity contribution is 8.00. The first-order chi connectivity index (χ1) is 23.2. The number of rotatable bonds is 12. The lowest BCUT2D eigenvalue weighted by Crippen LogP contribution is -2.29. The summed E-state index contributed by atoms with van der Waals surface area (Å²) in [4.78, 5) is 33.8. The second-order valence-corrected chi connectivity index (χ2v) is 13.8. The Labute approximate surface area is 291 Å². The van der Waals surface area contributed by atoms with Crippen LogP contribution in [-0.2, 0) is 15.3 Å². The zero-order valence-electron chi connectivity index (χ0n) is 26.9. The third-order valence-corrected chi connectivity index (χ3v) is 10.5. The standard InChI is InChI=1S/C35H34ClN5O5S2/c1-5-7-17-46-25-15-14-22(18-26(25)45-6-2)29-27(30(42)28-21(4)40-16-10-11-20(3)32(40)37-28)31(43)33(44)41(29)34-38-39-35(48-34)47-19-23-12-8-9-13-24(23)36/h8-16,18,29,42H,5-7,17,19H2,1-4H3. The highest BCUT2D eigenvalue weighted by atomic mass is 35.5. The number of nitrogens with zero attached hydrogens (tertiary/aromatic N) is 5. The molecular weight excluding hydrogens is 670 g/mol. The van der Waals surface area contributed by atoms with Crippen molar-refractivity contribution < 1.29 is 24.2 Å². The minimum absolute atomic E-state index is 0.105. The smallest absolute Gasteiger partial charge is 0.301 e. The molecule has 0 radical (unpaired) electrons. The first kappa shape index (κ1) is 33.5. The van der Waals surface area contributed by atoms with Crippen LogP contribution in [0.3, 0.4) is 0 Å². The molecule has 0 aliphatic carbocycles. The number of fused-ring (bicyclic) bond motifs is 1. The number of anilines is 1. The monoisotopic (exact) mass is 703 g/mol. The number of aliphatic hydroxyl groups excluding tert-OH is 1. The Bertz CT molecular complexity index is 2040. The molecule has 1 N–H and O–H groups in total. The summed E-state index contributed by atoms with van der Waals surface area (Å²) in [5.74, 6) is -0.510. The van der Waals surface area contributed by atoms with E-state index in [-0.39, 0.29) is 22.2 Å². The fourth-order valence-corrected chi connectivity index (χ4v) is 7.69. The van der Waals surface area contributed by atoms with Crippen LogP contribution in [0.25, 0.3) is 11.4 Å². The highest BCUT2D eigenvalue weighted by Gasteiger charge is 2.49. The van der Waals surface area contributed by atoms with Crippen molar-refractivity contribution in [3.05, 3.63) is 99.5 Å². The number of unbranched alkanes of at least 4 members (excludes halogenated alkanes) is 1. The number of amides is 1. The van der Waals surface area contributed by atoms with Crippen LogP contribution in [0.2, 0.25) is 5.02 Å². The molecule has 0 spiro atoms. The van der Waals surface area contributed by atoms with Crippen LogP contribution in [0.15, 0.2) is 70.7 Å². The van der Waals surface area contributed by atoms with Gasteiger partial charge < -0.3 is 19.0 Å². The average Bonchev–Trinajstić information content (AvgIpc) is 3.76. The number of aromatic nitrogens is 4. The fourth-order valence-electron chi connectivity index (χ4n) is 5.54. The lowest BCUT2D eigenvalue weighted by atomic mass is 9.96. The Morgan fingerprint density at radius 2 is 1.85 bits per heavy atom. The second kappa shape index (κ2) is 14.4. The number of halogens is 1. The van der Waals surface area contributed by atoms with E-state index in [1.165, 1.54) is 28.0 Å². The van der Waals surface area contributed by atoms with Gasteiger partial charge in [0.05, 0.1) is 30.5 Å². The molecule has 1 fully saturated rings. The van der Waals surface area contributed by atoms with Crippen molar-refractivity contribution in [1.82, 2.24) is 19.6 Å². The molecule has 4 heterocycles. The van der Waals surface area contributed by atoms with E-state index in [1.807, 2.05) is 67.8 Å². The van der Waals surface area contributed by atoms with Gasteiger partial charge in [-0.1, -0.05) is 78.4 Å². The minimum atomic E-state index is -1.05. The number of aliphatic hydroxyl groups is 1. The van der Waals surface area contributed by atoms with Gasteiger partial charge in [0.2, 0.25) is 5.13 Å². The molecule has 2 aromatic carbocycles. The number of benzene rings is 2. The molecule has 1 atom stereocenters. The molecular formula is C35H34ClN5O5S2. The van der Waals surface area contributed by atoms with E-state index < -0.39 is 17.7 Å². The number of Topliss-reactive ketones (excluding diaryl/α,β-unsaturated/α-hetero) is 1. The van der Waals surface area contributed by atoms with Gasteiger partial charge in [0, 0.05) is 17.0 Å². The van der Waals surface area contributed by atoms with Gasteiger partial charge in [0.15, 0.2) is 21.6 Å². The molecule has 1 aliphatic rings. The van der Waals surface area contributed by atoms with Gasteiger partial charge in [0.1, 0.15) is 11.3 Å². The number of hydrogen-bond donors (Lipinski definition) is 1. The minimum Gasteiger partial charge on any atom is -0.505 e.